The van der Waals surface area contributed by atoms with Gasteiger partial charge >= 0.3 is 0 Å². The van der Waals surface area contributed by atoms with Crippen LogP contribution in [0.3, 0.4) is 0 Å². The minimum Gasteiger partial charge on any atom is -0.207 e. The highest BCUT2D eigenvalue weighted by Gasteiger charge is 2.61. The summed E-state index contributed by atoms with van der Waals surface area (Å²) in [6.07, 6.45) is 6.82. The monoisotopic (exact) mass is 319 g/mol. The fourth-order valence-corrected chi connectivity index (χ4v) is 7.94. The van der Waals surface area contributed by atoms with Gasteiger partial charge in [0.2, 0.25) is 10.0 Å². The topological polar surface area (TPSA) is 46.2 Å². The molecule has 3 nitrogen and oxygen atoms in total. The zero-order valence-electron chi connectivity index (χ0n) is 13.4. The van der Waals surface area contributed by atoms with Gasteiger partial charge in [0, 0.05) is 5.54 Å². The van der Waals surface area contributed by atoms with Crippen LogP contribution in [0.25, 0.3) is 0 Å². The zero-order valence-corrected chi connectivity index (χ0v) is 14.2. The summed E-state index contributed by atoms with van der Waals surface area (Å²) in [4.78, 5) is 0.390. The molecule has 4 heteroatoms. The minimum atomic E-state index is -3.43. The number of sulfonamides is 1. The van der Waals surface area contributed by atoms with E-state index in [0.717, 1.165) is 19.3 Å². The third-order valence-corrected chi connectivity index (χ3v) is 7.63. The fraction of sp³-hybridized carbons (Fsp3) is 0.667. The number of hydrogen-bond acceptors (Lipinski definition) is 2. The molecule has 0 spiro atoms. The lowest BCUT2D eigenvalue weighted by molar-refractivity contribution is -0.110. The first-order valence-electron chi connectivity index (χ1n) is 8.31. The molecule has 120 valence electrons. The zero-order chi connectivity index (χ0) is 15.6. The first-order valence-corrected chi connectivity index (χ1v) is 9.79. The molecule has 1 N–H and O–H groups in total. The van der Waals surface area contributed by atoms with Crippen LogP contribution >= 0.6 is 0 Å². The maximum atomic E-state index is 12.8. The van der Waals surface area contributed by atoms with Gasteiger partial charge in [-0.1, -0.05) is 32.0 Å². The lowest BCUT2D eigenvalue weighted by Gasteiger charge is -2.65. The predicted octanol–water partition coefficient (Wildman–Crippen LogP) is 3.71. The van der Waals surface area contributed by atoms with Crippen molar-refractivity contribution in [3.63, 3.8) is 0 Å². The van der Waals surface area contributed by atoms with Crippen molar-refractivity contribution < 1.29 is 8.42 Å². The summed E-state index contributed by atoms with van der Waals surface area (Å²) in [6, 6.07) is 8.80. The molecule has 0 aliphatic heterocycles. The Hall–Kier alpha value is -0.870. The molecule has 4 saturated carbocycles. The molecule has 5 rings (SSSR count). The third-order valence-electron chi connectivity index (χ3n) is 6.03. The maximum Gasteiger partial charge on any atom is 0.241 e. The van der Waals surface area contributed by atoms with E-state index in [2.05, 4.69) is 18.6 Å². The molecule has 0 aromatic heterocycles. The first kappa shape index (κ1) is 14.7. The predicted molar refractivity (Wildman–Crippen MR) is 86.9 cm³/mol. The summed E-state index contributed by atoms with van der Waals surface area (Å²) in [5, 5.41) is 0. The highest BCUT2D eigenvalue weighted by molar-refractivity contribution is 7.89. The van der Waals surface area contributed by atoms with Gasteiger partial charge in [0.1, 0.15) is 0 Å². The lowest BCUT2D eigenvalue weighted by Crippen LogP contribution is -2.65. The van der Waals surface area contributed by atoms with Gasteiger partial charge in [-0.15, -0.1) is 0 Å². The average molecular weight is 319 g/mol. The number of nitrogens with one attached hydrogen (secondary N) is 1. The van der Waals surface area contributed by atoms with E-state index in [4.69, 9.17) is 0 Å². The van der Waals surface area contributed by atoms with Crippen molar-refractivity contribution >= 4 is 10.0 Å². The van der Waals surface area contributed by atoms with Crippen LogP contribution in [0.5, 0.6) is 0 Å². The molecule has 22 heavy (non-hydrogen) atoms. The summed E-state index contributed by atoms with van der Waals surface area (Å²) < 4.78 is 28.8. The second-order valence-corrected chi connectivity index (χ2v) is 10.5. The van der Waals surface area contributed by atoms with Crippen molar-refractivity contribution in [2.75, 3.05) is 0 Å². The van der Waals surface area contributed by atoms with E-state index in [1.54, 1.807) is 24.3 Å². The molecule has 0 amide bonds. The molecule has 4 aliphatic carbocycles. The molecule has 4 fully saturated rings. The third kappa shape index (κ3) is 2.31. The average Bonchev–Trinajstić information content (AvgIpc) is 2.34. The Kier molecular flexibility index (Phi) is 2.91. The van der Waals surface area contributed by atoms with Crippen LogP contribution in [0.1, 0.15) is 52.4 Å². The van der Waals surface area contributed by atoms with E-state index in [1.807, 2.05) is 6.07 Å². The van der Waals surface area contributed by atoms with Crippen molar-refractivity contribution in [2.24, 2.45) is 16.7 Å². The van der Waals surface area contributed by atoms with Gasteiger partial charge in [0.15, 0.2) is 0 Å². The van der Waals surface area contributed by atoms with E-state index >= 15 is 0 Å². The van der Waals surface area contributed by atoms with Crippen molar-refractivity contribution in [3.05, 3.63) is 30.3 Å². The molecule has 0 saturated heterocycles. The van der Waals surface area contributed by atoms with Crippen molar-refractivity contribution in [2.45, 2.75) is 62.8 Å². The van der Waals surface area contributed by atoms with Gasteiger partial charge in [0.25, 0.3) is 0 Å². The van der Waals surface area contributed by atoms with Crippen LogP contribution < -0.4 is 4.72 Å². The standard InChI is InChI=1S/C18H25NO2S/c1-16-8-14-9-17(2,11-16)13-18(10-14,12-16)19-22(20,21)15-6-4-3-5-7-15/h3-7,14,19H,8-13H2,1-2H3/t14?,16-,17-,18?/m0/s1. The first-order chi connectivity index (χ1) is 10.2. The Labute approximate surface area is 133 Å². The molecule has 1 aromatic rings. The SMILES string of the molecule is C[C@@]12CC3CC(NS(=O)(=O)c4ccccc4)(C1)C[C@@](C)(C3)C2. The lowest BCUT2D eigenvalue weighted by atomic mass is 9.43. The summed E-state index contributed by atoms with van der Waals surface area (Å²) in [5.74, 6) is 0.685. The van der Waals surface area contributed by atoms with Crippen LogP contribution in [-0.4, -0.2) is 14.0 Å². The van der Waals surface area contributed by atoms with Crippen molar-refractivity contribution in [1.29, 1.82) is 0 Å². The number of benzene rings is 1. The largest absolute Gasteiger partial charge is 0.241 e. The van der Waals surface area contributed by atoms with Crippen LogP contribution in [0.15, 0.2) is 35.2 Å². The Morgan fingerprint density at radius 1 is 0.955 bits per heavy atom. The van der Waals surface area contributed by atoms with E-state index in [9.17, 15) is 8.42 Å². The minimum absolute atomic E-state index is 0.225. The Morgan fingerprint density at radius 2 is 1.55 bits per heavy atom. The van der Waals surface area contributed by atoms with Gasteiger partial charge in [-0.3, -0.25) is 0 Å². The van der Waals surface area contributed by atoms with Crippen LogP contribution in [-0.2, 0) is 10.0 Å². The van der Waals surface area contributed by atoms with E-state index in [1.165, 1.54) is 19.3 Å². The summed E-state index contributed by atoms with van der Waals surface area (Å²) in [6.45, 7) is 4.72. The second-order valence-electron chi connectivity index (χ2n) is 8.83. The molecule has 0 heterocycles. The van der Waals surface area contributed by atoms with Crippen LogP contribution in [0, 0.1) is 16.7 Å². The van der Waals surface area contributed by atoms with Gasteiger partial charge < -0.3 is 0 Å². The fourth-order valence-electron chi connectivity index (χ4n) is 6.51. The Bertz CT molecular complexity index is 679. The van der Waals surface area contributed by atoms with Crippen LogP contribution in [0.4, 0.5) is 0 Å². The molecule has 4 aliphatic rings. The summed E-state index contributed by atoms with van der Waals surface area (Å²) in [5.41, 5.74) is 0.401. The smallest absolute Gasteiger partial charge is 0.207 e. The highest BCUT2D eigenvalue weighted by Crippen LogP contribution is 2.66. The summed E-state index contributed by atoms with van der Waals surface area (Å²) >= 11 is 0. The van der Waals surface area contributed by atoms with Gasteiger partial charge in [-0.2, -0.15) is 0 Å². The maximum absolute atomic E-state index is 12.8. The second kappa shape index (κ2) is 4.35. The quantitative estimate of drug-likeness (QED) is 0.923. The normalized spacial score (nSPS) is 43.5. The van der Waals surface area contributed by atoms with Gasteiger partial charge in [-0.25, -0.2) is 13.1 Å². The van der Waals surface area contributed by atoms with Gasteiger partial charge in [-0.05, 0) is 67.4 Å². The molecular formula is C18H25NO2S. The highest BCUT2D eigenvalue weighted by atomic mass is 32.2. The van der Waals surface area contributed by atoms with Gasteiger partial charge in [0.05, 0.1) is 4.90 Å². The molecule has 2 atom stereocenters. The number of rotatable bonds is 3. The van der Waals surface area contributed by atoms with Crippen LogP contribution in [0.2, 0.25) is 0 Å². The van der Waals surface area contributed by atoms with E-state index in [-0.39, 0.29) is 5.54 Å². The van der Waals surface area contributed by atoms with E-state index in [0.29, 0.717) is 21.6 Å². The molecular weight excluding hydrogens is 294 g/mol. The summed E-state index contributed by atoms with van der Waals surface area (Å²) in [7, 11) is -3.43. The van der Waals surface area contributed by atoms with Crippen molar-refractivity contribution in [1.82, 2.24) is 4.72 Å². The Morgan fingerprint density at radius 3 is 2.09 bits per heavy atom. The molecule has 1 aromatic carbocycles. The van der Waals surface area contributed by atoms with Crippen molar-refractivity contribution in [3.8, 4) is 0 Å². The molecule has 0 unspecified atom stereocenters. The van der Waals surface area contributed by atoms with E-state index < -0.39 is 10.0 Å². The number of hydrogen-bond donors (Lipinski definition) is 1. The Balaban J connectivity index is 1.68. The molecule has 4 bridgehead atoms. The molecule has 0 radical (unpaired) electrons.